The summed E-state index contributed by atoms with van der Waals surface area (Å²) >= 11 is 0. The van der Waals surface area contributed by atoms with Gasteiger partial charge in [0.05, 0.1) is 25.1 Å². The SMILES string of the molecule is Nc1cc(C#Cc2cnc3ccc(-c4ccc(C(=O)N5CCOCC5)cc4)cn23)c2c(n1)CC=C2. The molecule has 0 unspecified atom stereocenters. The van der Waals surface area contributed by atoms with E-state index < -0.39 is 0 Å². The van der Waals surface area contributed by atoms with E-state index in [1.807, 2.05) is 64.0 Å². The highest BCUT2D eigenvalue weighted by Crippen LogP contribution is 2.24. The number of hydrogen-bond donors (Lipinski definition) is 1. The van der Waals surface area contributed by atoms with E-state index in [0.29, 0.717) is 37.7 Å². The van der Waals surface area contributed by atoms with E-state index in [4.69, 9.17) is 10.5 Å². The van der Waals surface area contributed by atoms with Crippen molar-refractivity contribution in [1.29, 1.82) is 0 Å². The number of nitrogen functional groups attached to an aromatic ring is 1. The molecule has 1 aromatic carbocycles. The maximum atomic E-state index is 12.7. The number of carbonyl (C=O) groups excluding carboxylic acids is 1. The lowest BCUT2D eigenvalue weighted by molar-refractivity contribution is 0.0303. The Labute approximate surface area is 202 Å². The van der Waals surface area contributed by atoms with Crippen molar-refractivity contribution in [2.45, 2.75) is 6.42 Å². The number of aromatic nitrogens is 3. The molecule has 2 aliphatic rings. The molecular formula is C28H23N5O2. The van der Waals surface area contributed by atoms with Gasteiger partial charge < -0.3 is 15.4 Å². The Hall–Kier alpha value is -4.41. The number of allylic oxidation sites excluding steroid dienone is 1. The number of morpholine rings is 1. The number of imidazole rings is 1. The number of benzene rings is 1. The summed E-state index contributed by atoms with van der Waals surface area (Å²) in [6.07, 6.45) is 8.70. The van der Waals surface area contributed by atoms with Gasteiger partial charge in [-0.25, -0.2) is 9.97 Å². The third kappa shape index (κ3) is 4.05. The monoisotopic (exact) mass is 461 g/mol. The fourth-order valence-electron chi connectivity index (χ4n) is 4.49. The summed E-state index contributed by atoms with van der Waals surface area (Å²) in [5.41, 5.74) is 13.2. The molecule has 0 radical (unpaired) electrons. The first kappa shape index (κ1) is 21.1. The minimum Gasteiger partial charge on any atom is -0.384 e. The van der Waals surface area contributed by atoms with Gasteiger partial charge in [0, 0.05) is 42.4 Å². The minimum atomic E-state index is 0.0422. The number of carbonyl (C=O) groups is 1. The first-order valence-electron chi connectivity index (χ1n) is 11.6. The zero-order valence-corrected chi connectivity index (χ0v) is 19.1. The second kappa shape index (κ2) is 8.75. The van der Waals surface area contributed by atoms with Crippen molar-refractivity contribution in [3.8, 4) is 23.0 Å². The molecule has 0 spiro atoms. The van der Waals surface area contributed by atoms with Crippen LogP contribution >= 0.6 is 0 Å². The molecule has 1 saturated heterocycles. The van der Waals surface area contributed by atoms with E-state index in [0.717, 1.165) is 45.7 Å². The molecule has 6 rings (SSSR count). The molecule has 0 atom stereocenters. The van der Waals surface area contributed by atoms with Crippen molar-refractivity contribution < 1.29 is 9.53 Å². The summed E-state index contributed by atoms with van der Waals surface area (Å²) in [6, 6.07) is 13.5. The first-order valence-corrected chi connectivity index (χ1v) is 11.6. The summed E-state index contributed by atoms with van der Waals surface area (Å²) in [7, 11) is 0. The Morgan fingerprint density at radius 1 is 1.03 bits per heavy atom. The number of anilines is 1. The van der Waals surface area contributed by atoms with E-state index in [1.165, 1.54) is 0 Å². The molecule has 0 bridgehead atoms. The lowest BCUT2D eigenvalue weighted by atomic mass is 10.0. The Morgan fingerprint density at radius 2 is 1.83 bits per heavy atom. The second-order valence-electron chi connectivity index (χ2n) is 8.58. The van der Waals surface area contributed by atoms with Crippen LogP contribution in [-0.2, 0) is 11.2 Å². The number of fused-ring (bicyclic) bond motifs is 2. The molecule has 35 heavy (non-hydrogen) atoms. The molecule has 3 aromatic heterocycles. The van der Waals surface area contributed by atoms with Gasteiger partial charge in [-0.3, -0.25) is 9.20 Å². The Morgan fingerprint density at radius 3 is 2.66 bits per heavy atom. The van der Waals surface area contributed by atoms with E-state index >= 15 is 0 Å². The van der Waals surface area contributed by atoms with Crippen LogP contribution in [0.5, 0.6) is 0 Å². The molecular weight excluding hydrogens is 438 g/mol. The van der Waals surface area contributed by atoms with E-state index in [-0.39, 0.29) is 5.91 Å². The van der Waals surface area contributed by atoms with Gasteiger partial charge >= 0.3 is 0 Å². The van der Waals surface area contributed by atoms with Crippen molar-refractivity contribution in [2.75, 3.05) is 32.0 Å². The lowest BCUT2D eigenvalue weighted by Crippen LogP contribution is -2.40. The number of nitrogens with two attached hydrogens (primary N) is 1. The van der Waals surface area contributed by atoms with Crippen molar-refractivity contribution in [3.05, 3.63) is 89.0 Å². The summed E-state index contributed by atoms with van der Waals surface area (Å²) in [6.45, 7) is 2.45. The van der Waals surface area contributed by atoms with Gasteiger partial charge in [-0.15, -0.1) is 0 Å². The van der Waals surface area contributed by atoms with Crippen LogP contribution in [0.2, 0.25) is 0 Å². The number of ether oxygens (including phenoxy) is 1. The predicted molar refractivity (Wildman–Crippen MR) is 135 cm³/mol. The van der Waals surface area contributed by atoms with Crippen LogP contribution < -0.4 is 5.73 Å². The van der Waals surface area contributed by atoms with Crippen LogP contribution in [0.1, 0.15) is 32.9 Å². The van der Waals surface area contributed by atoms with E-state index in [9.17, 15) is 4.79 Å². The molecule has 4 aromatic rings. The molecule has 1 aliphatic heterocycles. The van der Waals surface area contributed by atoms with E-state index in [2.05, 4.69) is 27.9 Å². The molecule has 4 heterocycles. The number of hydrogen-bond acceptors (Lipinski definition) is 5. The van der Waals surface area contributed by atoms with Gasteiger partial charge in [0.25, 0.3) is 5.91 Å². The highest BCUT2D eigenvalue weighted by Gasteiger charge is 2.18. The highest BCUT2D eigenvalue weighted by atomic mass is 16.5. The normalized spacial score (nSPS) is 14.6. The largest absolute Gasteiger partial charge is 0.384 e. The second-order valence-corrected chi connectivity index (χ2v) is 8.58. The summed E-state index contributed by atoms with van der Waals surface area (Å²) in [5.74, 6) is 7.03. The van der Waals surface area contributed by atoms with Crippen LogP contribution in [-0.4, -0.2) is 51.5 Å². The Kier molecular flexibility index (Phi) is 5.28. The third-order valence-electron chi connectivity index (χ3n) is 6.35. The smallest absolute Gasteiger partial charge is 0.254 e. The van der Waals surface area contributed by atoms with Crippen molar-refractivity contribution in [3.63, 3.8) is 0 Å². The molecule has 7 nitrogen and oxygen atoms in total. The van der Waals surface area contributed by atoms with Crippen LogP contribution in [0.4, 0.5) is 5.82 Å². The molecule has 0 saturated carbocycles. The number of nitrogens with zero attached hydrogens (tertiary/aromatic N) is 4. The minimum absolute atomic E-state index is 0.0422. The number of pyridine rings is 2. The number of amides is 1. The molecule has 1 aliphatic carbocycles. The van der Waals surface area contributed by atoms with Crippen molar-refractivity contribution in [1.82, 2.24) is 19.3 Å². The van der Waals surface area contributed by atoms with Gasteiger partial charge in [0.2, 0.25) is 0 Å². The van der Waals surface area contributed by atoms with Crippen LogP contribution in [0.25, 0.3) is 22.9 Å². The van der Waals surface area contributed by atoms with Gasteiger partial charge in [0.1, 0.15) is 17.2 Å². The standard InChI is InChI=1S/C28H23N5O2/c29-26-16-21(24-2-1-3-25(24)31-26)8-10-23-17-30-27-11-9-22(18-33(23)27)19-4-6-20(7-5-19)28(34)32-12-14-35-15-13-32/h1-2,4-7,9,11,16-18H,3,12-15H2,(H2,29,31). The zero-order valence-electron chi connectivity index (χ0n) is 19.1. The van der Waals surface area contributed by atoms with Crippen LogP contribution in [0, 0.1) is 11.8 Å². The maximum Gasteiger partial charge on any atom is 0.254 e. The average Bonchev–Trinajstić information content (AvgIpc) is 3.54. The van der Waals surface area contributed by atoms with Gasteiger partial charge in [-0.1, -0.05) is 30.2 Å². The third-order valence-corrected chi connectivity index (χ3v) is 6.35. The van der Waals surface area contributed by atoms with Gasteiger partial charge in [-0.2, -0.15) is 0 Å². The average molecular weight is 462 g/mol. The van der Waals surface area contributed by atoms with Crippen molar-refractivity contribution in [2.24, 2.45) is 0 Å². The summed E-state index contributed by atoms with van der Waals surface area (Å²) in [4.78, 5) is 23.5. The molecule has 7 heteroatoms. The molecule has 1 amide bonds. The Balaban J connectivity index is 1.29. The predicted octanol–water partition coefficient (Wildman–Crippen LogP) is 3.42. The first-order chi connectivity index (χ1) is 17.2. The fourth-order valence-corrected chi connectivity index (χ4v) is 4.49. The van der Waals surface area contributed by atoms with Gasteiger partial charge in [-0.05, 0) is 47.4 Å². The molecule has 1 fully saturated rings. The molecule has 172 valence electrons. The van der Waals surface area contributed by atoms with E-state index in [1.54, 1.807) is 6.20 Å². The summed E-state index contributed by atoms with van der Waals surface area (Å²) < 4.78 is 7.33. The van der Waals surface area contributed by atoms with Crippen LogP contribution in [0.15, 0.2) is 60.9 Å². The fraction of sp³-hybridized carbons (Fsp3) is 0.179. The van der Waals surface area contributed by atoms with Crippen LogP contribution in [0.3, 0.4) is 0 Å². The summed E-state index contributed by atoms with van der Waals surface area (Å²) in [5, 5.41) is 0. The number of rotatable bonds is 2. The highest BCUT2D eigenvalue weighted by molar-refractivity contribution is 5.94. The topological polar surface area (TPSA) is 85.8 Å². The lowest BCUT2D eigenvalue weighted by Gasteiger charge is -2.26. The Bertz CT molecular complexity index is 1530. The zero-order chi connectivity index (χ0) is 23.8. The van der Waals surface area contributed by atoms with Gasteiger partial charge in [0.15, 0.2) is 0 Å². The molecule has 2 N–H and O–H groups in total. The maximum absolute atomic E-state index is 12.7. The van der Waals surface area contributed by atoms with Crippen molar-refractivity contribution >= 4 is 23.4 Å². The quantitative estimate of drug-likeness (QED) is 0.463.